The first-order valence-electron chi connectivity index (χ1n) is 11.2. The molecule has 0 atom stereocenters. The van der Waals surface area contributed by atoms with Gasteiger partial charge < -0.3 is 10.6 Å². The second-order valence-electron chi connectivity index (χ2n) is 9.10. The van der Waals surface area contributed by atoms with E-state index in [0.717, 1.165) is 74.4 Å². The maximum Gasteiger partial charge on any atom is 0.286 e. The minimum Gasteiger partial charge on any atom is -0.330 e. The van der Waals surface area contributed by atoms with Crippen LogP contribution in [0.3, 0.4) is 0 Å². The summed E-state index contributed by atoms with van der Waals surface area (Å²) in [5.41, 5.74) is 2.35. The molecular weight excluding hydrogens is 463 g/mol. The monoisotopic (exact) mass is 487 g/mol. The molecule has 2 aliphatic rings. The van der Waals surface area contributed by atoms with E-state index in [0.29, 0.717) is 16.5 Å². The molecule has 10 heteroatoms. The van der Waals surface area contributed by atoms with E-state index in [4.69, 9.17) is 0 Å². The Morgan fingerprint density at radius 1 is 1.03 bits per heavy atom. The molecule has 1 saturated carbocycles. The Balaban J connectivity index is 1.12. The van der Waals surface area contributed by atoms with Gasteiger partial charge in [0.05, 0.1) is 0 Å². The van der Waals surface area contributed by atoms with Crippen molar-refractivity contribution in [2.24, 2.45) is 5.41 Å². The lowest BCUT2D eigenvalue weighted by atomic mass is 9.62. The fraction of sp³-hybridized carbons (Fsp3) is 0.375. The van der Waals surface area contributed by atoms with Crippen LogP contribution in [0.2, 0.25) is 0 Å². The molecule has 1 saturated heterocycles. The Labute approximate surface area is 199 Å². The van der Waals surface area contributed by atoms with Crippen molar-refractivity contribution in [2.75, 3.05) is 23.7 Å². The van der Waals surface area contributed by atoms with E-state index in [9.17, 15) is 18.0 Å². The van der Waals surface area contributed by atoms with E-state index in [1.807, 2.05) is 24.3 Å². The molecule has 0 unspecified atom stereocenters. The van der Waals surface area contributed by atoms with Gasteiger partial charge in [0.25, 0.3) is 5.91 Å². The van der Waals surface area contributed by atoms with Crippen LogP contribution in [0.4, 0.5) is 29.7 Å². The van der Waals surface area contributed by atoms with Crippen LogP contribution in [0.15, 0.2) is 42.5 Å². The van der Waals surface area contributed by atoms with Crippen LogP contribution in [0, 0.1) is 17.0 Å². The van der Waals surface area contributed by atoms with Crippen LogP contribution in [-0.2, 0) is 6.54 Å². The van der Waals surface area contributed by atoms with Gasteiger partial charge in [-0.05, 0) is 74.0 Å². The second-order valence-corrected chi connectivity index (χ2v) is 10.1. The molecule has 0 bridgehead atoms. The number of carbonyl (C=O) groups is 1. The third-order valence-corrected chi connectivity index (χ3v) is 7.47. The van der Waals surface area contributed by atoms with Crippen LogP contribution in [0.5, 0.6) is 0 Å². The molecule has 1 aromatic heterocycles. The lowest BCUT2D eigenvalue weighted by Crippen LogP contribution is -2.47. The van der Waals surface area contributed by atoms with Gasteiger partial charge in [0.1, 0.15) is 6.17 Å². The molecule has 6 nitrogen and oxygen atoms in total. The highest BCUT2D eigenvalue weighted by Gasteiger charge is 2.45. The number of alkyl halides is 1. The molecule has 5 rings (SSSR count). The molecule has 2 heterocycles. The lowest BCUT2D eigenvalue weighted by Gasteiger charge is -2.49. The van der Waals surface area contributed by atoms with Gasteiger partial charge in [0, 0.05) is 24.0 Å². The summed E-state index contributed by atoms with van der Waals surface area (Å²) in [6.07, 6.45) is 2.99. The van der Waals surface area contributed by atoms with Gasteiger partial charge in [-0.1, -0.05) is 23.5 Å². The molecule has 1 aliphatic carbocycles. The van der Waals surface area contributed by atoms with Gasteiger partial charge in [0.15, 0.2) is 11.6 Å². The molecule has 3 aromatic rings. The summed E-state index contributed by atoms with van der Waals surface area (Å²) >= 11 is 1.01. The van der Waals surface area contributed by atoms with Crippen LogP contribution in [0.1, 0.15) is 41.0 Å². The minimum atomic E-state index is -0.978. The summed E-state index contributed by atoms with van der Waals surface area (Å²) in [4.78, 5) is 14.9. The van der Waals surface area contributed by atoms with Crippen molar-refractivity contribution < 1.29 is 18.0 Å². The molecule has 34 heavy (non-hydrogen) atoms. The number of hydrogen-bond donors (Lipinski definition) is 2. The maximum absolute atomic E-state index is 13.4. The first-order valence-corrected chi connectivity index (χ1v) is 12.0. The zero-order valence-corrected chi connectivity index (χ0v) is 19.2. The summed E-state index contributed by atoms with van der Waals surface area (Å²) in [7, 11) is 0. The summed E-state index contributed by atoms with van der Waals surface area (Å²) in [5.74, 6) is -2.33. The normalized spacial score (nSPS) is 18.0. The van der Waals surface area contributed by atoms with Crippen molar-refractivity contribution >= 4 is 33.8 Å². The summed E-state index contributed by atoms with van der Waals surface area (Å²) < 4.78 is 39.7. The van der Waals surface area contributed by atoms with Crippen molar-refractivity contribution in [3.63, 3.8) is 0 Å². The number of benzene rings is 2. The quantitative estimate of drug-likeness (QED) is 0.479. The topological polar surface area (TPSA) is 70.2 Å². The predicted molar refractivity (Wildman–Crippen MR) is 125 cm³/mol. The SMILES string of the molecule is O=C(Nc1ccc(CN2CCC3(CC2)CC(F)C3)cc1)c1nnc(Nc2ccc(F)c(F)c2)s1. The van der Waals surface area contributed by atoms with E-state index in [2.05, 4.69) is 25.7 Å². The van der Waals surface area contributed by atoms with Gasteiger partial charge in [0.2, 0.25) is 10.1 Å². The largest absolute Gasteiger partial charge is 0.330 e. The highest BCUT2D eigenvalue weighted by molar-refractivity contribution is 7.17. The fourth-order valence-electron chi connectivity index (χ4n) is 4.67. The van der Waals surface area contributed by atoms with Crippen molar-refractivity contribution in [3.8, 4) is 0 Å². The van der Waals surface area contributed by atoms with Gasteiger partial charge in [-0.15, -0.1) is 10.2 Å². The number of amides is 1. The number of anilines is 3. The highest BCUT2D eigenvalue weighted by atomic mass is 32.1. The molecule has 178 valence electrons. The third-order valence-electron chi connectivity index (χ3n) is 6.63. The first kappa shape index (κ1) is 22.8. The van der Waals surface area contributed by atoms with E-state index in [1.54, 1.807) is 0 Å². The predicted octanol–water partition coefficient (Wildman–Crippen LogP) is 5.53. The average Bonchev–Trinajstić information content (AvgIpc) is 3.27. The number of piperidine rings is 1. The number of rotatable bonds is 6. The Morgan fingerprint density at radius 3 is 2.41 bits per heavy atom. The van der Waals surface area contributed by atoms with E-state index < -0.39 is 23.7 Å². The molecule has 0 radical (unpaired) electrons. The Morgan fingerprint density at radius 2 is 1.74 bits per heavy atom. The van der Waals surface area contributed by atoms with Crippen LogP contribution >= 0.6 is 11.3 Å². The van der Waals surface area contributed by atoms with Crippen molar-refractivity contribution in [1.29, 1.82) is 0 Å². The first-order chi connectivity index (χ1) is 16.4. The second kappa shape index (κ2) is 9.34. The van der Waals surface area contributed by atoms with Crippen LogP contribution in [-0.4, -0.2) is 40.3 Å². The smallest absolute Gasteiger partial charge is 0.286 e. The number of likely N-dealkylation sites (tertiary alicyclic amines) is 1. The zero-order chi connectivity index (χ0) is 23.7. The third kappa shape index (κ3) is 5.07. The molecule has 1 aliphatic heterocycles. The van der Waals surface area contributed by atoms with Crippen molar-refractivity contribution in [1.82, 2.24) is 15.1 Å². The molecule has 2 fully saturated rings. The molecule has 2 aromatic carbocycles. The lowest BCUT2D eigenvalue weighted by molar-refractivity contribution is -0.0300. The van der Waals surface area contributed by atoms with Crippen molar-refractivity contribution in [3.05, 3.63) is 64.7 Å². The molecule has 2 N–H and O–H groups in total. The Kier molecular flexibility index (Phi) is 6.26. The van der Waals surface area contributed by atoms with Crippen LogP contribution in [0.25, 0.3) is 0 Å². The van der Waals surface area contributed by atoms with E-state index >= 15 is 0 Å². The van der Waals surface area contributed by atoms with Gasteiger partial charge in [-0.2, -0.15) is 0 Å². The Hall–Kier alpha value is -2.98. The number of carbonyl (C=O) groups excluding carboxylic acids is 1. The molecule has 1 amide bonds. The van der Waals surface area contributed by atoms with Crippen LogP contribution < -0.4 is 10.6 Å². The van der Waals surface area contributed by atoms with E-state index in [1.165, 1.54) is 6.07 Å². The number of nitrogens with zero attached hydrogens (tertiary/aromatic N) is 3. The van der Waals surface area contributed by atoms with Gasteiger partial charge >= 0.3 is 0 Å². The standard InChI is InChI=1S/C24H24F3N5OS/c25-16-12-24(13-16)7-9-32(10-8-24)14-15-1-3-17(4-2-15)28-21(33)22-30-31-23(34-22)29-18-5-6-19(26)20(27)11-18/h1-6,11,16H,7-10,12-14H2,(H,28,33)(H,29,31). The number of nitrogens with one attached hydrogen (secondary N) is 2. The average molecular weight is 488 g/mol. The highest BCUT2D eigenvalue weighted by Crippen LogP contribution is 2.50. The number of aromatic nitrogens is 2. The summed E-state index contributed by atoms with van der Waals surface area (Å²) in [6, 6.07) is 11.0. The summed E-state index contributed by atoms with van der Waals surface area (Å²) in [6.45, 7) is 2.81. The van der Waals surface area contributed by atoms with Crippen molar-refractivity contribution in [2.45, 2.75) is 38.4 Å². The molecular formula is C24H24F3N5OS. The minimum absolute atomic E-state index is 0.142. The summed E-state index contributed by atoms with van der Waals surface area (Å²) in [5, 5.41) is 13.8. The number of halogens is 3. The number of hydrogen-bond acceptors (Lipinski definition) is 6. The fourth-order valence-corrected chi connectivity index (χ4v) is 5.33. The van der Waals surface area contributed by atoms with E-state index in [-0.39, 0.29) is 10.4 Å². The maximum atomic E-state index is 13.4. The molecule has 1 spiro atoms. The Bertz CT molecular complexity index is 1170. The van der Waals surface area contributed by atoms with Gasteiger partial charge in [-0.3, -0.25) is 9.69 Å². The van der Waals surface area contributed by atoms with Gasteiger partial charge in [-0.25, -0.2) is 13.2 Å². The zero-order valence-electron chi connectivity index (χ0n) is 18.4.